The zero-order chi connectivity index (χ0) is 9.56. The molecule has 68 valence electrons. The lowest BCUT2D eigenvalue weighted by Gasteiger charge is -2.09. The van der Waals surface area contributed by atoms with Crippen molar-refractivity contribution in [2.24, 2.45) is 5.92 Å². The second-order valence-electron chi connectivity index (χ2n) is 2.66. The van der Waals surface area contributed by atoms with E-state index in [2.05, 4.69) is 5.32 Å². The van der Waals surface area contributed by atoms with Gasteiger partial charge in [-0.3, -0.25) is 4.79 Å². The molecule has 0 spiro atoms. The molecule has 1 N–H and O–H groups in total. The molecule has 1 amide bonds. The third kappa shape index (κ3) is 4.23. The Morgan fingerprint density at radius 1 is 1.67 bits per heavy atom. The second kappa shape index (κ2) is 5.89. The number of allylic oxidation sites excluding steroid dienone is 1. The lowest BCUT2D eigenvalue weighted by molar-refractivity contribution is -0.115. The summed E-state index contributed by atoms with van der Waals surface area (Å²) < 4.78 is 0. The smallest absolute Gasteiger partial charge is 0.248 e. The van der Waals surface area contributed by atoms with E-state index in [1.807, 2.05) is 13.8 Å². The van der Waals surface area contributed by atoms with Crippen molar-refractivity contribution < 1.29 is 4.79 Å². The van der Waals surface area contributed by atoms with Crippen LogP contribution in [0.2, 0.25) is 0 Å². The number of carbonyl (C=O) groups excluding carboxylic acids is 1. The molecule has 0 aromatic carbocycles. The van der Waals surface area contributed by atoms with Gasteiger partial charge in [-0.25, -0.2) is 0 Å². The fraction of sp³-hybridized carbons (Fsp3) is 0.556. The van der Waals surface area contributed by atoms with Gasteiger partial charge in [0, 0.05) is 5.92 Å². The maximum absolute atomic E-state index is 11.0. The third-order valence-corrected chi connectivity index (χ3v) is 2.13. The molecule has 1 atom stereocenters. The van der Waals surface area contributed by atoms with Gasteiger partial charge in [0.15, 0.2) is 0 Å². The van der Waals surface area contributed by atoms with E-state index < -0.39 is 0 Å². The predicted molar refractivity (Wildman–Crippen MR) is 55.0 cm³/mol. The Morgan fingerprint density at radius 2 is 2.25 bits per heavy atom. The van der Waals surface area contributed by atoms with Gasteiger partial charge in [0.2, 0.25) is 5.91 Å². The third-order valence-electron chi connectivity index (χ3n) is 1.62. The predicted octanol–water partition coefficient (Wildman–Crippen LogP) is 2.05. The quantitative estimate of drug-likeness (QED) is 0.538. The second-order valence-corrected chi connectivity index (χ2v) is 3.10. The maximum Gasteiger partial charge on any atom is 0.248 e. The fourth-order valence-electron chi connectivity index (χ4n) is 0.623. The molecule has 2 nitrogen and oxygen atoms in total. The molecule has 1 unspecified atom stereocenters. The standard InChI is InChI=1S/C9H15NOS/c1-4-6-8(11)10-9(12)7(3)5-2/h4,6-7H,5H2,1-3H3,(H,10,11,12)/b6-4-. The highest BCUT2D eigenvalue weighted by atomic mass is 32.1. The van der Waals surface area contributed by atoms with E-state index in [1.165, 1.54) is 6.08 Å². The highest BCUT2D eigenvalue weighted by molar-refractivity contribution is 7.80. The van der Waals surface area contributed by atoms with Gasteiger partial charge in [-0.15, -0.1) is 0 Å². The van der Waals surface area contributed by atoms with Crippen LogP contribution in [-0.4, -0.2) is 10.9 Å². The molecular formula is C9H15NOS. The molecular weight excluding hydrogens is 170 g/mol. The van der Waals surface area contributed by atoms with Crippen molar-refractivity contribution in [3.8, 4) is 0 Å². The van der Waals surface area contributed by atoms with E-state index in [1.54, 1.807) is 13.0 Å². The van der Waals surface area contributed by atoms with Crippen molar-refractivity contribution in [1.82, 2.24) is 5.32 Å². The monoisotopic (exact) mass is 185 g/mol. The number of thiocarbonyl (C=S) groups is 1. The average Bonchev–Trinajstić information content (AvgIpc) is 2.03. The van der Waals surface area contributed by atoms with Crippen molar-refractivity contribution in [2.45, 2.75) is 27.2 Å². The van der Waals surface area contributed by atoms with Gasteiger partial charge in [0.1, 0.15) is 0 Å². The van der Waals surface area contributed by atoms with E-state index in [-0.39, 0.29) is 11.8 Å². The van der Waals surface area contributed by atoms with Gasteiger partial charge >= 0.3 is 0 Å². The number of carbonyl (C=O) groups is 1. The van der Waals surface area contributed by atoms with Gasteiger partial charge in [-0.1, -0.05) is 32.1 Å². The van der Waals surface area contributed by atoms with Crippen molar-refractivity contribution in [2.75, 3.05) is 0 Å². The molecule has 0 saturated heterocycles. The van der Waals surface area contributed by atoms with Crippen LogP contribution in [-0.2, 0) is 4.79 Å². The van der Waals surface area contributed by atoms with Gasteiger partial charge in [-0.2, -0.15) is 0 Å². The normalized spacial score (nSPS) is 12.9. The summed E-state index contributed by atoms with van der Waals surface area (Å²) in [6.45, 7) is 5.84. The Hall–Kier alpha value is -0.700. The Kier molecular flexibility index (Phi) is 5.54. The van der Waals surface area contributed by atoms with Crippen LogP contribution < -0.4 is 5.32 Å². The molecule has 0 aromatic rings. The molecule has 0 heterocycles. The van der Waals surface area contributed by atoms with Gasteiger partial charge in [0.05, 0.1) is 4.99 Å². The maximum atomic E-state index is 11.0. The summed E-state index contributed by atoms with van der Waals surface area (Å²) in [6, 6.07) is 0. The minimum Gasteiger partial charge on any atom is -0.317 e. The molecule has 0 saturated carbocycles. The summed E-state index contributed by atoms with van der Waals surface area (Å²) >= 11 is 5.00. The van der Waals surface area contributed by atoms with Crippen LogP contribution in [0.3, 0.4) is 0 Å². The Morgan fingerprint density at radius 3 is 2.67 bits per heavy atom. The van der Waals surface area contributed by atoms with Crippen molar-refractivity contribution in [3.05, 3.63) is 12.2 Å². The van der Waals surface area contributed by atoms with Crippen LogP contribution in [0, 0.1) is 5.92 Å². The number of hydrogen-bond acceptors (Lipinski definition) is 2. The molecule has 0 radical (unpaired) electrons. The molecule has 3 heteroatoms. The van der Waals surface area contributed by atoms with Gasteiger partial charge < -0.3 is 5.32 Å². The molecule has 12 heavy (non-hydrogen) atoms. The lowest BCUT2D eigenvalue weighted by atomic mass is 10.1. The topological polar surface area (TPSA) is 29.1 Å². The highest BCUT2D eigenvalue weighted by Gasteiger charge is 2.07. The van der Waals surface area contributed by atoms with Crippen LogP contribution in [0.4, 0.5) is 0 Å². The van der Waals surface area contributed by atoms with Gasteiger partial charge in [0.25, 0.3) is 0 Å². The van der Waals surface area contributed by atoms with E-state index in [9.17, 15) is 4.79 Å². The summed E-state index contributed by atoms with van der Waals surface area (Å²) in [5, 5.41) is 2.64. The number of nitrogens with one attached hydrogen (secondary N) is 1. The van der Waals surface area contributed by atoms with E-state index in [0.29, 0.717) is 4.99 Å². The molecule has 0 bridgehead atoms. The first-order valence-electron chi connectivity index (χ1n) is 4.09. The van der Waals surface area contributed by atoms with Crippen molar-refractivity contribution in [1.29, 1.82) is 0 Å². The first-order valence-corrected chi connectivity index (χ1v) is 4.50. The average molecular weight is 185 g/mol. The number of hydrogen-bond donors (Lipinski definition) is 1. The molecule has 0 fully saturated rings. The molecule has 0 aliphatic heterocycles. The lowest BCUT2D eigenvalue weighted by Crippen LogP contribution is -2.31. The first-order chi connectivity index (χ1) is 5.61. The van der Waals surface area contributed by atoms with Gasteiger partial charge in [-0.05, 0) is 19.4 Å². The zero-order valence-corrected chi connectivity index (χ0v) is 8.57. The largest absolute Gasteiger partial charge is 0.317 e. The van der Waals surface area contributed by atoms with Crippen LogP contribution in [0.1, 0.15) is 27.2 Å². The van der Waals surface area contributed by atoms with E-state index in [4.69, 9.17) is 12.2 Å². The van der Waals surface area contributed by atoms with E-state index in [0.717, 1.165) is 6.42 Å². The summed E-state index contributed by atoms with van der Waals surface area (Å²) in [5.74, 6) is 0.136. The highest BCUT2D eigenvalue weighted by Crippen LogP contribution is 2.01. The van der Waals surface area contributed by atoms with E-state index >= 15 is 0 Å². The van der Waals surface area contributed by atoms with Crippen LogP contribution >= 0.6 is 12.2 Å². The van der Waals surface area contributed by atoms with Crippen molar-refractivity contribution in [3.63, 3.8) is 0 Å². The molecule has 0 rings (SSSR count). The molecule has 0 aliphatic carbocycles. The first kappa shape index (κ1) is 11.3. The summed E-state index contributed by atoms with van der Waals surface area (Å²) in [4.78, 5) is 11.6. The SMILES string of the molecule is C/C=C\C(=O)NC(=S)C(C)CC. The minimum atomic E-state index is -0.136. The zero-order valence-electron chi connectivity index (χ0n) is 7.76. The Bertz CT molecular complexity index is 199. The Balaban J connectivity index is 3.92. The molecule has 0 aliphatic rings. The van der Waals surface area contributed by atoms with Crippen LogP contribution in [0.15, 0.2) is 12.2 Å². The summed E-state index contributed by atoms with van der Waals surface area (Å²) in [7, 11) is 0. The minimum absolute atomic E-state index is 0.136. The van der Waals surface area contributed by atoms with Crippen LogP contribution in [0.5, 0.6) is 0 Å². The summed E-state index contributed by atoms with van der Waals surface area (Å²) in [6.07, 6.45) is 4.11. The fourth-order valence-corrected chi connectivity index (χ4v) is 0.890. The number of amides is 1. The number of rotatable bonds is 3. The van der Waals surface area contributed by atoms with Crippen molar-refractivity contribution >= 4 is 23.1 Å². The molecule has 0 aromatic heterocycles. The Labute approximate surface area is 79.0 Å². The van der Waals surface area contributed by atoms with Crippen LogP contribution in [0.25, 0.3) is 0 Å². The summed E-state index contributed by atoms with van der Waals surface area (Å²) in [5.41, 5.74) is 0.